The summed E-state index contributed by atoms with van der Waals surface area (Å²) in [6.45, 7) is 2.64. The number of carboxylic acid groups (broad SMARTS) is 1. The van der Waals surface area contributed by atoms with Crippen molar-refractivity contribution in [3.05, 3.63) is 12.2 Å². The van der Waals surface area contributed by atoms with Crippen molar-refractivity contribution in [3.8, 4) is 0 Å². The first-order valence-corrected chi connectivity index (χ1v) is 9.11. The lowest BCUT2D eigenvalue weighted by Gasteiger charge is -2.28. The van der Waals surface area contributed by atoms with Gasteiger partial charge in [0.1, 0.15) is 6.54 Å². The highest BCUT2D eigenvalue weighted by atomic mass is 16.5. The number of carbonyl (C=O) groups excluding carboxylic acids is 1. The van der Waals surface area contributed by atoms with Crippen LogP contribution in [0.2, 0.25) is 0 Å². The average Bonchev–Trinajstić information content (AvgIpc) is 2.42. The Hall–Kier alpha value is -1.36. The molecule has 0 aliphatic rings. The lowest BCUT2D eigenvalue weighted by molar-refractivity contribution is -0.873. The maximum absolute atomic E-state index is 11.9. The number of nitrogens with zero attached hydrogens (tertiary/aromatic N) is 1. The van der Waals surface area contributed by atoms with Crippen molar-refractivity contribution in [3.63, 3.8) is 0 Å². The Kier molecular flexibility index (Phi) is 12.3. The monoisotopic (exact) mass is 342 g/mol. The SMILES string of the molecule is CC/C=C/CCCCCCCC(=O)OC(CC(=O)O)C[N+](C)(C)C. The van der Waals surface area contributed by atoms with E-state index < -0.39 is 12.1 Å². The first-order chi connectivity index (χ1) is 11.2. The van der Waals surface area contributed by atoms with Crippen LogP contribution in [0.4, 0.5) is 0 Å². The summed E-state index contributed by atoms with van der Waals surface area (Å²) in [6, 6.07) is 0. The molecule has 0 spiro atoms. The van der Waals surface area contributed by atoms with E-state index in [-0.39, 0.29) is 12.4 Å². The molecule has 0 radical (unpaired) electrons. The first-order valence-electron chi connectivity index (χ1n) is 9.11. The van der Waals surface area contributed by atoms with Gasteiger partial charge in [-0.1, -0.05) is 38.3 Å². The summed E-state index contributed by atoms with van der Waals surface area (Å²) in [5.74, 6) is -1.21. The number of carbonyl (C=O) groups is 2. The highest BCUT2D eigenvalue weighted by Gasteiger charge is 2.24. The van der Waals surface area contributed by atoms with Crippen molar-refractivity contribution in [1.82, 2.24) is 0 Å². The summed E-state index contributed by atoms with van der Waals surface area (Å²) in [5, 5.41) is 8.94. The van der Waals surface area contributed by atoms with Gasteiger partial charge in [-0.25, -0.2) is 0 Å². The minimum absolute atomic E-state index is 0.132. The Bertz CT molecular complexity index is 385. The number of unbranched alkanes of at least 4 members (excludes halogenated alkanes) is 5. The van der Waals surface area contributed by atoms with Crippen molar-refractivity contribution in [2.45, 2.75) is 70.8 Å². The summed E-state index contributed by atoms with van der Waals surface area (Å²) in [7, 11) is 5.87. The van der Waals surface area contributed by atoms with Crippen LogP contribution in [0.15, 0.2) is 12.2 Å². The van der Waals surface area contributed by atoms with Gasteiger partial charge in [-0.05, 0) is 25.7 Å². The van der Waals surface area contributed by atoms with Crippen LogP contribution in [-0.2, 0) is 14.3 Å². The zero-order chi connectivity index (χ0) is 18.4. The molecule has 0 saturated carbocycles. The number of rotatable bonds is 14. The van der Waals surface area contributed by atoms with E-state index in [9.17, 15) is 9.59 Å². The third kappa shape index (κ3) is 15.5. The van der Waals surface area contributed by atoms with Crippen LogP contribution in [-0.4, -0.2) is 55.3 Å². The van der Waals surface area contributed by atoms with Crippen LogP contribution < -0.4 is 0 Å². The minimum Gasteiger partial charge on any atom is -0.481 e. The van der Waals surface area contributed by atoms with Crippen LogP contribution in [0.5, 0.6) is 0 Å². The van der Waals surface area contributed by atoms with Crippen LogP contribution in [0.1, 0.15) is 64.7 Å². The molecule has 0 amide bonds. The number of ether oxygens (including phenoxy) is 1. The van der Waals surface area contributed by atoms with E-state index in [1.165, 1.54) is 12.8 Å². The number of hydrogen-bond donors (Lipinski definition) is 1. The smallest absolute Gasteiger partial charge is 0.307 e. The summed E-state index contributed by atoms with van der Waals surface area (Å²) < 4.78 is 5.93. The number of aliphatic carboxylic acids is 1. The second kappa shape index (κ2) is 13.0. The van der Waals surface area contributed by atoms with Gasteiger partial charge in [-0.3, -0.25) is 9.59 Å². The van der Waals surface area contributed by atoms with E-state index in [1.54, 1.807) is 0 Å². The van der Waals surface area contributed by atoms with E-state index in [4.69, 9.17) is 9.84 Å². The first kappa shape index (κ1) is 22.6. The third-order valence-corrected chi connectivity index (χ3v) is 3.61. The van der Waals surface area contributed by atoms with E-state index in [1.807, 2.05) is 21.1 Å². The zero-order valence-corrected chi connectivity index (χ0v) is 15.9. The molecule has 0 aliphatic heterocycles. The van der Waals surface area contributed by atoms with Crippen molar-refractivity contribution < 1.29 is 23.9 Å². The molecule has 0 aromatic carbocycles. The molecule has 140 valence electrons. The molecule has 1 atom stereocenters. The molecule has 5 nitrogen and oxygen atoms in total. The molecule has 0 heterocycles. The van der Waals surface area contributed by atoms with Gasteiger partial charge in [-0.2, -0.15) is 0 Å². The van der Waals surface area contributed by atoms with Gasteiger partial charge in [0.2, 0.25) is 0 Å². The summed E-state index contributed by atoms with van der Waals surface area (Å²) >= 11 is 0. The van der Waals surface area contributed by atoms with Gasteiger partial charge in [-0.15, -0.1) is 0 Å². The van der Waals surface area contributed by atoms with Gasteiger partial charge in [0.05, 0.1) is 27.6 Å². The second-order valence-electron chi connectivity index (χ2n) is 7.37. The Morgan fingerprint density at radius 1 is 1.04 bits per heavy atom. The number of carboxylic acids is 1. The summed E-state index contributed by atoms with van der Waals surface area (Å²) in [6.07, 6.45) is 11.7. The van der Waals surface area contributed by atoms with Crippen LogP contribution in [0.25, 0.3) is 0 Å². The Labute approximate surface area is 147 Å². The minimum atomic E-state index is -0.932. The molecule has 1 N–H and O–H groups in total. The predicted octanol–water partition coefficient (Wildman–Crippen LogP) is 3.78. The largest absolute Gasteiger partial charge is 0.481 e. The number of likely N-dealkylation sites (N-methyl/N-ethyl adjacent to an activating group) is 1. The average molecular weight is 343 g/mol. The van der Waals surface area contributed by atoms with Crippen LogP contribution >= 0.6 is 0 Å². The van der Waals surface area contributed by atoms with Crippen molar-refractivity contribution in [2.75, 3.05) is 27.7 Å². The second-order valence-corrected chi connectivity index (χ2v) is 7.37. The normalized spacial score (nSPS) is 13.2. The molecule has 0 aromatic rings. The third-order valence-electron chi connectivity index (χ3n) is 3.61. The topological polar surface area (TPSA) is 63.6 Å². The van der Waals surface area contributed by atoms with Gasteiger partial charge < -0.3 is 14.3 Å². The van der Waals surface area contributed by atoms with Gasteiger partial charge in [0, 0.05) is 6.42 Å². The molecule has 0 rings (SSSR count). The molecule has 0 aliphatic carbocycles. The molecule has 24 heavy (non-hydrogen) atoms. The molecule has 0 saturated heterocycles. The fourth-order valence-electron chi connectivity index (χ4n) is 2.54. The van der Waals surface area contributed by atoms with E-state index in [2.05, 4.69) is 19.1 Å². The molecule has 5 heteroatoms. The Balaban J connectivity index is 3.88. The lowest BCUT2D eigenvalue weighted by atomic mass is 10.1. The Morgan fingerprint density at radius 2 is 1.67 bits per heavy atom. The van der Waals surface area contributed by atoms with Crippen LogP contribution in [0, 0.1) is 0 Å². The quantitative estimate of drug-likeness (QED) is 0.226. The molecule has 1 unspecified atom stereocenters. The maximum atomic E-state index is 11.9. The fourth-order valence-corrected chi connectivity index (χ4v) is 2.54. The number of quaternary nitrogens is 1. The molecular formula is C19H36NO4+. The number of hydrogen-bond acceptors (Lipinski definition) is 3. The molecular weight excluding hydrogens is 306 g/mol. The predicted molar refractivity (Wildman–Crippen MR) is 96.8 cm³/mol. The van der Waals surface area contributed by atoms with Gasteiger partial charge in [0.25, 0.3) is 0 Å². The lowest BCUT2D eigenvalue weighted by Crippen LogP contribution is -2.43. The van der Waals surface area contributed by atoms with E-state index >= 15 is 0 Å². The van der Waals surface area contributed by atoms with Crippen LogP contribution in [0.3, 0.4) is 0 Å². The summed E-state index contributed by atoms with van der Waals surface area (Å²) in [5.41, 5.74) is 0. The van der Waals surface area contributed by atoms with Gasteiger partial charge >= 0.3 is 11.9 Å². The summed E-state index contributed by atoms with van der Waals surface area (Å²) in [4.78, 5) is 22.8. The maximum Gasteiger partial charge on any atom is 0.307 e. The molecule has 0 aromatic heterocycles. The van der Waals surface area contributed by atoms with Gasteiger partial charge in [0.15, 0.2) is 6.10 Å². The standard InChI is InChI=1S/C19H35NO4/c1-5-6-7-8-9-10-11-12-13-14-19(23)24-17(15-18(21)22)16-20(2,3)4/h6-7,17H,5,8-16H2,1-4H3/p+1/b7-6+. The van der Waals surface area contributed by atoms with E-state index in [0.29, 0.717) is 17.4 Å². The highest BCUT2D eigenvalue weighted by molar-refractivity contribution is 5.71. The van der Waals surface area contributed by atoms with Crippen molar-refractivity contribution in [2.24, 2.45) is 0 Å². The fraction of sp³-hybridized carbons (Fsp3) is 0.789. The van der Waals surface area contributed by atoms with Crippen molar-refractivity contribution >= 4 is 11.9 Å². The zero-order valence-electron chi connectivity index (χ0n) is 15.9. The molecule has 0 bridgehead atoms. The Morgan fingerprint density at radius 3 is 2.25 bits per heavy atom. The number of allylic oxidation sites excluding steroid dienone is 2. The highest BCUT2D eigenvalue weighted by Crippen LogP contribution is 2.11. The number of esters is 1. The molecule has 0 fully saturated rings. The van der Waals surface area contributed by atoms with E-state index in [0.717, 1.165) is 32.1 Å². The van der Waals surface area contributed by atoms with Crippen molar-refractivity contribution in [1.29, 1.82) is 0 Å².